The van der Waals surface area contributed by atoms with E-state index in [2.05, 4.69) is 35.9 Å². The van der Waals surface area contributed by atoms with Crippen LogP contribution in [-0.2, 0) is 4.79 Å². The van der Waals surface area contributed by atoms with Gasteiger partial charge in [-0.2, -0.15) is 0 Å². The van der Waals surface area contributed by atoms with Gasteiger partial charge in [0.15, 0.2) is 6.10 Å². The minimum atomic E-state index is -0.646. The van der Waals surface area contributed by atoms with Crippen molar-refractivity contribution in [2.45, 2.75) is 26.9 Å². The Balaban J connectivity index is 1.67. The first-order valence-electron chi connectivity index (χ1n) is 8.43. The fourth-order valence-corrected chi connectivity index (χ4v) is 2.99. The number of aryl methyl sites for hydroxylation is 2. The number of ether oxygens (including phenoxy) is 1. The molecule has 1 aromatic heterocycles. The number of para-hydroxylation sites is 1. The topological polar surface area (TPSA) is 43.3 Å². The summed E-state index contributed by atoms with van der Waals surface area (Å²) in [4.78, 5) is 12.3. The van der Waals surface area contributed by atoms with Gasteiger partial charge in [0.25, 0.3) is 5.91 Å². The number of halogens is 1. The molecule has 4 nitrogen and oxygen atoms in total. The molecule has 0 fully saturated rings. The van der Waals surface area contributed by atoms with Crippen molar-refractivity contribution in [3.05, 3.63) is 77.1 Å². The molecule has 0 aliphatic carbocycles. The van der Waals surface area contributed by atoms with E-state index in [1.165, 1.54) is 11.4 Å². The number of nitrogens with zero attached hydrogens (tertiary/aromatic N) is 1. The van der Waals surface area contributed by atoms with E-state index in [4.69, 9.17) is 16.3 Å². The molecule has 0 aliphatic rings. The number of benzene rings is 2. The molecule has 0 saturated heterocycles. The second kappa shape index (κ2) is 7.67. The summed E-state index contributed by atoms with van der Waals surface area (Å²) in [7, 11) is 0. The van der Waals surface area contributed by atoms with Gasteiger partial charge in [-0.05, 0) is 69.3 Å². The van der Waals surface area contributed by atoms with Crippen molar-refractivity contribution in [2.75, 3.05) is 5.32 Å². The van der Waals surface area contributed by atoms with Gasteiger partial charge in [0.05, 0.1) is 10.7 Å². The van der Waals surface area contributed by atoms with Gasteiger partial charge in [-0.3, -0.25) is 4.79 Å². The lowest BCUT2D eigenvalue weighted by Crippen LogP contribution is -2.30. The van der Waals surface area contributed by atoms with Gasteiger partial charge in [-0.1, -0.05) is 23.7 Å². The number of carbonyl (C=O) groups excluding carboxylic acids is 1. The van der Waals surface area contributed by atoms with E-state index >= 15 is 0 Å². The predicted octanol–water partition coefficient (Wildman–Crippen LogP) is 5.15. The standard InChI is InChI=1S/C21H21ClN2O2/c1-14-8-9-15(2)24(14)17-10-12-18(13-11-17)26-16(3)21(25)23-20-7-5-4-6-19(20)22/h4-13,16H,1-3H3,(H,23,25). The van der Waals surface area contributed by atoms with Crippen molar-refractivity contribution in [3.8, 4) is 11.4 Å². The van der Waals surface area contributed by atoms with Crippen LogP contribution < -0.4 is 10.1 Å². The maximum atomic E-state index is 12.3. The Morgan fingerprint density at radius 3 is 2.23 bits per heavy atom. The van der Waals surface area contributed by atoms with Gasteiger partial charge < -0.3 is 14.6 Å². The third-order valence-electron chi connectivity index (χ3n) is 4.18. The van der Waals surface area contributed by atoms with E-state index in [1.807, 2.05) is 36.4 Å². The average molecular weight is 369 g/mol. The Hall–Kier alpha value is -2.72. The lowest BCUT2D eigenvalue weighted by molar-refractivity contribution is -0.122. The SMILES string of the molecule is Cc1ccc(C)n1-c1ccc(OC(C)C(=O)Nc2ccccc2Cl)cc1. The molecule has 0 radical (unpaired) electrons. The fraction of sp³-hybridized carbons (Fsp3) is 0.190. The second-order valence-corrected chi connectivity index (χ2v) is 6.58. The van der Waals surface area contributed by atoms with Gasteiger partial charge in [-0.15, -0.1) is 0 Å². The van der Waals surface area contributed by atoms with Gasteiger partial charge in [0, 0.05) is 17.1 Å². The maximum Gasteiger partial charge on any atom is 0.265 e. The van der Waals surface area contributed by atoms with E-state index in [1.54, 1.807) is 19.1 Å². The molecule has 0 bridgehead atoms. The summed E-state index contributed by atoms with van der Waals surface area (Å²) in [5.41, 5.74) is 3.97. The van der Waals surface area contributed by atoms with Crippen molar-refractivity contribution in [3.63, 3.8) is 0 Å². The molecule has 1 unspecified atom stereocenters. The number of nitrogens with one attached hydrogen (secondary N) is 1. The Labute approximate surface area is 158 Å². The Morgan fingerprint density at radius 1 is 1.00 bits per heavy atom. The summed E-state index contributed by atoms with van der Waals surface area (Å²) >= 11 is 6.07. The summed E-state index contributed by atoms with van der Waals surface area (Å²) in [6.07, 6.45) is -0.646. The molecule has 3 rings (SSSR count). The Bertz CT molecular complexity index is 897. The van der Waals surface area contributed by atoms with E-state index < -0.39 is 6.10 Å². The number of aromatic nitrogens is 1. The summed E-state index contributed by atoms with van der Waals surface area (Å²) < 4.78 is 7.92. The first kappa shape index (κ1) is 18.1. The molecular weight excluding hydrogens is 348 g/mol. The Kier molecular flexibility index (Phi) is 5.33. The van der Waals surface area contributed by atoms with Crippen LogP contribution in [0.25, 0.3) is 5.69 Å². The molecule has 3 aromatic rings. The summed E-state index contributed by atoms with van der Waals surface area (Å²) in [6.45, 7) is 5.84. The molecule has 0 aliphatic heterocycles. The van der Waals surface area contributed by atoms with E-state index in [0.717, 1.165) is 5.69 Å². The van der Waals surface area contributed by atoms with E-state index in [-0.39, 0.29) is 5.91 Å². The van der Waals surface area contributed by atoms with Crippen LogP contribution in [0, 0.1) is 13.8 Å². The highest BCUT2D eigenvalue weighted by Crippen LogP contribution is 2.22. The van der Waals surface area contributed by atoms with Gasteiger partial charge in [0.1, 0.15) is 5.75 Å². The molecule has 1 heterocycles. The third-order valence-corrected chi connectivity index (χ3v) is 4.51. The lowest BCUT2D eigenvalue weighted by atomic mass is 10.2. The Morgan fingerprint density at radius 2 is 1.62 bits per heavy atom. The molecule has 0 spiro atoms. The van der Waals surface area contributed by atoms with Crippen LogP contribution >= 0.6 is 11.6 Å². The van der Waals surface area contributed by atoms with Crippen molar-refractivity contribution in [1.29, 1.82) is 0 Å². The van der Waals surface area contributed by atoms with Crippen molar-refractivity contribution in [1.82, 2.24) is 4.57 Å². The van der Waals surface area contributed by atoms with E-state index in [9.17, 15) is 4.79 Å². The van der Waals surface area contributed by atoms with Crippen molar-refractivity contribution in [2.24, 2.45) is 0 Å². The lowest BCUT2D eigenvalue weighted by Gasteiger charge is -2.16. The van der Waals surface area contributed by atoms with Crippen LogP contribution in [0.1, 0.15) is 18.3 Å². The fourth-order valence-electron chi connectivity index (χ4n) is 2.80. The quantitative estimate of drug-likeness (QED) is 0.676. The third kappa shape index (κ3) is 3.92. The van der Waals surface area contributed by atoms with Crippen LogP contribution in [0.2, 0.25) is 5.02 Å². The minimum Gasteiger partial charge on any atom is -0.481 e. The van der Waals surface area contributed by atoms with E-state index in [0.29, 0.717) is 16.5 Å². The van der Waals surface area contributed by atoms with Crippen LogP contribution in [-0.4, -0.2) is 16.6 Å². The molecular formula is C21H21ClN2O2. The number of anilines is 1. The smallest absolute Gasteiger partial charge is 0.265 e. The number of hydrogen-bond donors (Lipinski definition) is 1. The zero-order chi connectivity index (χ0) is 18.7. The summed E-state index contributed by atoms with van der Waals surface area (Å²) in [6, 6.07) is 19.0. The molecule has 5 heteroatoms. The molecule has 0 saturated carbocycles. The van der Waals surface area contributed by atoms with Crippen molar-refractivity contribution < 1.29 is 9.53 Å². The largest absolute Gasteiger partial charge is 0.481 e. The maximum absolute atomic E-state index is 12.3. The molecule has 1 amide bonds. The minimum absolute atomic E-state index is 0.251. The number of hydrogen-bond acceptors (Lipinski definition) is 2. The highest BCUT2D eigenvalue weighted by molar-refractivity contribution is 6.33. The normalized spacial score (nSPS) is 11.8. The van der Waals surface area contributed by atoms with Crippen LogP contribution in [0.3, 0.4) is 0 Å². The number of amides is 1. The monoisotopic (exact) mass is 368 g/mol. The number of carbonyl (C=O) groups is 1. The zero-order valence-corrected chi connectivity index (χ0v) is 15.7. The summed E-state index contributed by atoms with van der Waals surface area (Å²) in [5.74, 6) is 0.386. The predicted molar refractivity (Wildman–Crippen MR) is 105 cm³/mol. The average Bonchev–Trinajstić information content (AvgIpc) is 2.96. The summed E-state index contributed by atoms with van der Waals surface area (Å²) in [5, 5.41) is 3.27. The molecule has 134 valence electrons. The van der Waals surface area contributed by atoms with Crippen LogP contribution in [0.4, 0.5) is 5.69 Å². The van der Waals surface area contributed by atoms with Crippen LogP contribution in [0.5, 0.6) is 5.75 Å². The first-order chi connectivity index (χ1) is 12.5. The first-order valence-corrected chi connectivity index (χ1v) is 8.81. The molecule has 1 N–H and O–H groups in total. The second-order valence-electron chi connectivity index (χ2n) is 6.17. The van der Waals surface area contributed by atoms with Gasteiger partial charge >= 0.3 is 0 Å². The van der Waals surface area contributed by atoms with Gasteiger partial charge in [-0.25, -0.2) is 0 Å². The highest BCUT2D eigenvalue weighted by atomic mass is 35.5. The van der Waals surface area contributed by atoms with Gasteiger partial charge in [0.2, 0.25) is 0 Å². The molecule has 2 aromatic carbocycles. The van der Waals surface area contributed by atoms with Crippen LogP contribution in [0.15, 0.2) is 60.7 Å². The molecule has 1 atom stereocenters. The van der Waals surface area contributed by atoms with Crippen molar-refractivity contribution >= 4 is 23.2 Å². The number of rotatable bonds is 5. The zero-order valence-electron chi connectivity index (χ0n) is 15.0. The molecule has 26 heavy (non-hydrogen) atoms. The highest BCUT2D eigenvalue weighted by Gasteiger charge is 2.16.